The molecule has 0 saturated carbocycles. The van der Waals surface area contributed by atoms with Gasteiger partial charge in [0.15, 0.2) is 0 Å². The van der Waals surface area contributed by atoms with Crippen LogP contribution in [0.5, 0.6) is 5.75 Å². The zero-order chi connectivity index (χ0) is 25.4. The van der Waals surface area contributed by atoms with Gasteiger partial charge in [0.2, 0.25) is 0 Å². The molecule has 0 bridgehead atoms. The number of hydrogen-bond donors (Lipinski definition) is 1. The predicted octanol–water partition coefficient (Wildman–Crippen LogP) is 3.73. The van der Waals surface area contributed by atoms with Crippen LogP contribution in [0.25, 0.3) is 0 Å². The van der Waals surface area contributed by atoms with Crippen molar-refractivity contribution in [1.82, 2.24) is 5.43 Å². The standard InChI is InChI=1S/C24H24N4O6S/c1-3-34-23-15-8-7-14-22(23)27(35(32,33)21-12-5-4-6-13-21)17-24(29)26-25-18(2)19-10-9-11-20(16-19)28(30)31/h4-16H,3,17H2,1-2H3,(H,26,29)/b25-18-. The number of sulfonamides is 1. The lowest BCUT2D eigenvalue weighted by molar-refractivity contribution is -0.384. The average molecular weight is 497 g/mol. The van der Waals surface area contributed by atoms with Gasteiger partial charge in [-0.15, -0.1) is 0 Å². The SMILES string of the molecule is CCOc1ccccc1N(CC(=O)N/N=C(/C)c1cccc([N+](=O)[O-])c1)S(=O)(=O)c1ccccc1. The zero-order valence-corrected chi connectivity index (χ0v) is 19.9. The van der Waals surface area contributed by atoms with Gasteiger partial charge in [0.05, 0.1) is 27.8 Å². The molecule has 0 aliphatic rings. The Morgan fingerprint density at radius 2 is 1.74 bits per heavy atom. The summed E-state index contributed by atoms with van der Waals surface area (Å²) in [5, 5.41) is 15.0. The Balaban J connectivity index is 1.91. The van der Waals surface area contributed by atoms with Crippen molar-refractivity contribution in [3.8, 4) is 5.75 Å². The number of ether oxygens (including phenoxy) is 1. The number of nitro benzene ring substituents is 1. The van der Waals surface area contributed by atoms with Gasteiger partial charge in [-0.1, -0.05) is 42.5 Å². The molecule has 0 fully saturated rings. The van der Waals surface area contributed by atoms with Crippen LogP contribution >= 0.6 is 0 Å². The summed E-state index contributed by atoms with van der Waals surface area (Å²) in [6.45, 7) is 3.06. The fourth-order valence-electron chi connectivity index (χ4n) is 3.18. The van der Waals surface area contributed by atoms with Gasteiger partial charge in [-0.2, -0.15) is 5.10 Å². The highest BCUT2D eigenvalue weighted by Crippen LogP contribution is 2.32. The Morgan fingerprint density at radius 1 is 1.06 bits per heavy atom. The maximum Gasteiger partial charge on any atom is 0.270 e. The first-order chi connectivity index (χ1) is 16.7. The Kier molecular flexibility index (Phi) is 8.16. The van der Waals surface area contributed by atoms with Crippen LogP contribution in [-0.4, -0.2) is 38.1 Å². The van der Waals surface area contributed by atoms with Crippen molar-refractivity contribution >= 4 is 33.0 Å². The van der Waals surface area contributed by atoms with Crippen molar-refractivity contribution in [3.05, 3.63) is 94.5 Å². The second kappa shape index (κ2) is 11.3. The maximum atomic E-state index is 13.5. The molecular weight excluding hydrogens is 472 g/mol. The van der Waals surface area contributed by atoms with Crippen molar-refractivity contribution in [1.29, 1.82) is 0 Å². The number of hydrazone groups is 1. The first-order valence-electron chi connectivity index (χ1n) is 10.6. The molecule has 10 nitrogen and oxygen atoms in total. The van der Waals surface area contributed by atoms with Gasteiger partial charge in [0.1, 0.15) is 12.3 Å². The average Bonchev–Trinajstić information content (AvgIpc) is 2.87. The summed E-state index contributed by atoms with van der Waals surface area (Å²) in [6, 6.07) is 20.1. The molecule has 0 aliphatic carbocycles. The fraction of sp³-hybridized carbons (Fsp3) is 0.167. The number of para-hydroxylation sites is 2. The molecule has 0 spiro atoms. The summed E-state index contributed by atoms with van der Waals surface area (Å²) < 4.78 is 33.5. The van der Waals surface area contributed by atoms with E-state index in [-0.39, 0.29) is 16.3 Å². The Labute approximate surface area is 203 Å². The quantitative estimate of drug-likeness (QED) is 0.258. The van der Waals surface area contributed by atoms with Crippen LogP contribution in [-0.2, 0) is 14.8 Å². The Bertz CT molecular complexity index is 1340. The van der Waals surface area contributed by atoms with Crippen LogP contribution in [0, 0.1) is 10.1 Å². The minimum absolute atomic E-state index is 0.00961. The molecule has 0 unspecified atom stereocenters. The molecule has 0 aromatic heterocycles. The number of nitrogens with one attached hydrogen (secondary N) is 1. The van der Waals surface area contributed by atoms with Gasteiger partial charge in [-0.25, -0.2) is 13.8 Å². The molecule has 35 heavy (non-hydrogen) atoms. The van der Waals surface area contributed by atoms with Crippen molar-refractivity contribution < 1.29 is 22.9 Å². The van der Waals surface area contributed by atoms with E-state index in [1.807, 2.05) is 0 Å². The van der Waals surface area contributed by atoms with E-state index < -0.39 is 27.4 Å². The molecule has 0 atom stereocenters. The van der Waals surface area contributed by atoms with E-state index in [1.165, 1.54) is 30.3 Å². The molecule has 0 radical (unpaired) electrons. The topological polar surface area (TPSA) is 131 Å². The van der Waals surface area contributed by atoms with Crippen molar-refractivity contribution in [2.45, 2.75) is 18.7 Å². The number of rotatable bonds is 10. The number of non-ortho nitro benzene ring substituents is 1. The van der Waals surface area contributed by atoms with E-state index in [4.69, 9.17) is 4.74 Å². The highest BCUT2D eigenvalue weighted by molar-refractivity contribution is 7.92. The second-order valence-corrected chi connectivity index (χ2v) is 9.13. The maximum absolute atomic E-state index is 13.5. The molecule has 1 amide bonds. The number of anilines is 1. The number of hydrogen-bond acceptors (Lipinski definition) is 7. The molecule has 182 valence electrons. The molecule has 3 rings (SSSR count). The number of amides is 1. The Hall–Kier alpha value is -4.25. The lowest BCUT2D eigenvalue weighted by Gasteiger charge is -2.25. The first-order valence-corrected chi connectivity index (χ1v) is 12.1. The summed E-state index contributed by atoms with van der Waals surface area (Å²) in [6.07, 6.45) is 0. The van der Waals surface area contributed by atoms with Crippen molar-refractivity contribution in [2.24, 2.45) is 5.10 Å². The van der Waals surface area contributed by atoms with E-state index in [1.54, 1.807) is 62.4 Å². The van der Waals surface area contributed by atoms with Gasteiger partial charge in [0, 0.05) is 17.7 Å². The van der Waals surface area contributed by atoms with Gasteiger partial charge in [-0.3, -0.25) is 19.2 Å². The van der Waals surface area contributed by atoms with Gasteiger partial charge in [0.25, 0.3) is 21.6 Å². The van der Waals surface area contributed by atoms with E-state index >= 15 is 0 Å². The Morgan fingerprint density at radius 3 is 2.43 bits per heavy atom. The third-order valence-corrected chi connectivity index (χ3v) is 6.65. The lowest BCUT2D eigenvalue weighted by atomic mass is 10.1. The summed E-state index contributed by atoms with van der Waals surface area (Å²) in [5.41, 5.74) is 3.18. The summed E-state index contributed by atoms with van der Waals surface area (Å²) in [7, 11) is -4.13. The van der Waals surface area contributed by atoms with Crippen LogP contribution in [0.15, 0.2) is 88.9 Å². The molecular formula is C24H24N4O6S. The number of nitro groups is 1. The first kappa shape index (κ1) is 25.4. The molecule has 0 saturated heterocycles. The lowest BCUT2D eigenvalue weighted by Crippen LogP contribution is -2.40. The second-order valence-electron chi connectivity index (χ2n) is 7.27. The van der Waals surface area contributed by atoms with Gasteiger partial charge >= 0.3 is 0 Å². The van der Waals surface area contributed by atoms with E-state index in [0.29, 0.717) is 23.6 Å². The normalized spacial score (nSPS) is 11.5. The number of carbonyl (C=O) groups excluding carboxylic acids is 1. The minimum Gasteiger partial charge on any atom is -0.492 e. The van der Waals surface area contributed by atoms with Crippen molar-refractivity contribution in [2.75, 3.05) is 17.5 Å². The molecule has 0 heterocycles. The van der Waals surface area contributed by atoms with Gasteiger partial charge in [-0.05, 0) is 38.1 Å². The molecule has 0 aliphatic heterocycles. The monoisotopic (exact) mass is 496 g/mol. The van der Waals surface area contributed by atoms with Crippen LogP contribution in [0.1, 0.15) is 19.4 Å². The van der Waals surface area contributed by atoms with Gasteiger partial charge < -0.3 is 4.74 Å². The molecule has 3 aromatic rings. The highest BCUT2D eigenvalue weighted by atomic mass is 32.2. The van der Waals surface area contributed by atoms with E-state index in [9.17, 15) is 23.3 Å². The van der Waals surface area contributed by atoms with Crippen LogP contribution in [0.2, 0.25) is 0 Å². The summed E-state index contributed by atoms with van der Waals surface area (Å²) >= 11 is 0. The van der Waals surface area contributed by atoms with E-state index in [2.05, 4.69) is 10.5 Å². The van der Waals surface area contributed by atoms with E-state index in [0.717, 1.165) is 4.31 Å². The van der Waals surface area contributed by atoms with Crippen molar-refractivity contribution in [3.63, 3.8) is 0 Å². The predicted molar refractivity (Wildman–Crippen MR) is 132 cm³/mol. The van der Waals surface area contributed by atoms with Crippen LogP contribution in [0.4, 0.5) is 11.4 Å². The minimum atomic E-state index is -4.13. The van der Waals surface area contributed by atoms with Crippen LogP contribution < -0.4 is 14.5 Å². The zero-order valence-electron chi connectivity index (χ0n) is 19.1. The molecule has 3 aromatic carbocycles. The van der Waals surface area contributed by atoms with Crippen LogP contribution in [0.3, 0.4) is 0 Å². The third kappa shape index (κ3) is 6.21. The number of benzene rings is 3. The fourth-order valence-corrected chi connectivity index (χ4v) is 4.63. The summed E-state index contributed by atoms with van der Waals surface area (Å²) in [5.74, 6) is -0.404. The number of nitrogens with zero attached hydrogens (tertiary/aromatic N) is 3. The highest BCUT2D eigenvalue weighted by Gasteiger charge is 2.29. The third-order valence-electron chi connectivity index (χ3n) is 4.88. The smallest absolute Gasteiger partial charge is 0.270 e. The largest absolute Gasteiger partial charge is 0.492 e. The molecule has 1 N–H and O–H groups in total. The number of carbonyl (C=O) groups is 1. The summed E-state index contributed by atoms with van der Waals surface area (Å²) in [4.78, 5) is 23.3. The molecule has 11 heteroatoms.